The molecule has 1 aromatic carbocycles. The van der Waals surface area contributed by atoms with Gasteiger partial charge in [0.15, 0.2) is 0 Å². The second-order valence-electron chi connectivity index (χ2n) is 4.41. The number of ether oxygens (including phenoxy) is 1. The van der Waals surface area contributed by atoms with E-state index in [-0.39, 0.29) is 0 Å². The van der Waals surface area contributed by atoms with E-state index in [0.717, 1.165) is 22.5 Å². The molecule has 3 rings (SSSR count). The lowest BCUT2D eigenvalue weighted by Crippen LogP contribution is -1.85. The summed E-state index contributed by atoms with van der Waals surface area (Å²) in [6.07, 6.45) is 2.50. The fourth-order valence-corrected chi connectivity index (χ4v) is 2.49. The Morgan fingerprint density at radius 2 is 2.11 bits per heavy atom. The predicted molar refractivity (Wildman–Crippen MR) is 70.9 cm³/mol. The number of hydrogen-bond donors (Lipinski definition) is 1. The Morgan fingerprint density at radius 3 is 2.78 bits per heavy atom. The lowest BCUT2D eigenvalue weighted by Gasteiger charge is -2.01. The number of nitrogens with one attached hydrogen (secondary N) is 1. The van der Waals surface area contributed by atoms with Crippen LogP contribution in [-0.4, -0.2) is 22.3 Å². The molecule has 0 aliphatic heterocycles. The Bertz CT molecular complexity index is 519. The molecule has 18 heavy (non-hydrogen) atoms. The second kappa shape index (κ2) is 5.02. The Labute approximate surface area is 110 Å². The molecule has 1 saturated carbocycles. The van der Waals surface area contributed by atoms with Crippen LogP contribution in [-0.2, 0) is 5.75 Å². The molecule has 0 radical (unpaired) electrons. The Kier molecular flexibility index (Phi) is 3.23. The minimum absolute atomic E-state index is 0.632. The van der Waals surface area contributed by atoms with E-state index < -0.39 is 0 Å². The quantitative estimate of drug-likeness (QED) is 0.841. The van der Waals surface area contributed by atoms with Crippen molar-refractivity contribution in [1.82, 2.24) is 15.2 Å². The number of rotatable bonds is 5. The molecule has 1 aliphatic carbocycles. The molecule has 0 amide bonds. The minimum Gasteiger partial charge on any atom is -0.497 e. The van der Waals surface area contributed by atoms with Gasteiger partial charge in [0.2, 0.25) is 5.16 Å². The van der Waals surface area contributed by atoms with Crippen molar-refractivity contribution in [2.75, 3.05) is 7.11 Å². The SMILES string of the molecule is COc1ccc(CSc2n[nH]c(C3CC3)n2)cc1. The lowest BCUT2D eigenvalue weighted by atomic mass is 10.2. The zero-order valence-corrected chi connectivity index (χ0v) is 11.0. The maximum atomic E-state index is 5.13. The van der Waals surface area contributed by atoms with Crippen LogP contribution in [0.15, 0.2) is 29.4 Å². The van der Waals surface area contributed by atoms with Gasteiger partial charge in [-0.05, 0) is 30.5 Å². The first-order valence-electron chi connectivity index (χ1n) is 6.03. The highest BCUT2D eigenvalue weighted by Crippen LogP contribution is 2.38. The standard InChI is InChI=1S/C13H15N3OS/c1-17-11-6-2-9(3-7-11)8-18-13-14-12(15-16-13)10-4-5-10/h2-3,6-7,10H,4-5,8H2,1H3,(H,14,15,16). The van der Waals surface area contributed by atoms with E-state index in [1.54, 1.807) is 18.9 Å². The molecule has 1 heterocycles. The molecule has 2 aromatic rings. The highest BCUT2D eigenvalue weighted by atomic mass is 32.2. The summed E-state index contributed by atoms with van der Waals surface area (Å²) < 4.78 is 5.13. The first kappa shape index (κ1) is 11.6. The smallest absolute Gasteiger partial charge is 0.208 e. The second-order valence-corrected chi connectivity index (χ2v) is 5.36. The van der Waals surface area contributed by atoms with Gasteiger partial charge in [-0.1, -0.05) is 23.9 Å². The summed E-state index contributed by atoms with van der Waals surface area (Å²) in [6, 6.07) is 8.09. The van der Waals surface area contributed by atoms with Crippen molar-refractivity contribution >= 4 is 11.8 Å². The molecular weight excluding hydrogens is 246 g/mol. The molecule has 0 unspecified atom stereocenters. The fraction of sp³-hybridized carbons (Fsp3) is 0.385. The molecule has 1 N–H and O–H groups in total. The summed E-state index contributed by atoms with van der Waals surface area (Å²) in [6.45, 7) is 0. The number of nitrogens with zero attached hydrogens (tertiary/aromatic N) is 2. The van der Waals surface area contributed by atoms with Gasteiger partial charge in [0.1, 0.15) is 11.6 Å². The molecule has 0 atom stereocenters. The van der Waals surface area contributed by atoms with Gasteiger partial charge in [-0.2, -0.15) is 0 Å². The summed E-state index contributed by atoms with van der Waals surface area (Å²) in [7, 11) is 1.68. The summed E-state index contributed by atoms with van der Waals surface area (Å²) in [5.74, 6) is 3.45. The number of hydrogen-bond acceptors (Lipinski definition) is 4. The molecule has 0 bridgehead atoms. The molecule has 0 saturated heterocycles. The van der Waals surface area contributed by atoms with E-state index >= 15 is 0 Å². The van der Waals surface area contributed by atoms with Crippen molar-refractivity contribution in [1.29, 1.82) is 0 Å². The van der Waals surface area contributed by atoms with Gasteiger partial charge in [-0.15, -0.1) is 5.10 Å². The molecular formula is C13H15N3OS. The third-order valence-electron chi connectivity index (χ3n) is 2.97. The molecule has 1 aromatic heterocycles. The van der Waals surface area contributed by atoms with Crippen molar-refractivity contribution in [3.8, 4) is 5.75 Å². The van der Waals surface area contributed by atoms with E-state index in [1.807, 2.05) is 12.1 Å². The van der Waals surface area contributed by atoms with E-state index in [1.165, 1.54) is 18.4 Å². The van der Waals surface area contributed by atoms with Crippen molar-refractivity contribution in [2.45, 2.75) is 29.7 Å². The van der Waals surface area contributed by atoms with Crippen LogP contribution >= 0.6 is 11.8 Å². The summed E-state index contributed by atoms with van der Waals surface area (Å²) >= 11 is 1.66. The topological polar surface area (TPSA) is 50.8 Å². The molecule has 94 valence electrons. The van der Waals surface area contributed by atoms with Crippen LogP contribution in [0.25, 0.3) is 0 Å². The average Bonchev–Trinajstić information content (AvgIpc) is 3.16. The van der Waals surface area contributed by atoms with E-state index in [0.29, 0.717) is 5.92 Å². The van der Waals surface area contributed by atoms with Crippen molar-refractivity contribution in [2.24, 2.45) is 0 Å². The summed E-state index contributed by atoms with van der Waals surface area (Å²) in [5, 5.41) is 8.09. The average molecular weight is 261 g/mol. The number of thioether (sulfide) groups is 1. The molecule has 5 heteroatoms. The monoisotopic (exact) mass is 261 g/mol. The Balaban J connectivity index is 1.58. The first-order chi connectivity index (χ1) is 8.85. The lowest BCUT2D eigenvalue weighted by molar-refractivity contribution is 0.414. The van der Waals surface area contributed by atoms with Crippen LogP contribution < -0.4 is 4.74 Å². The van der Waals surface area contributed by atoms with Crippen LogP contribution in [0.4, 0.5) is 0 Å². The Morgan fingerprint density at radius 1 is 1.33 bits per heavy atom. The zero-order valence-electron chi connectivity index (χ0n) is 10.2. The maximum Gasteiger partial charge on any atom is 0.208 e. The normalized spacial score (nSPS) is 14.7. The molecule has 1 aliphatic rings. The molecule has 1 fully saturated rings. The van der Waals surface area contributed by atoms with Gasteiger partial charge in [-0.3, -0.25) is 5.10 Å². The Hall–Kier alpha value is -1.49. The number of methoxy groups -OCH3 is 1. The van der Waals surface area contributed by atoms with E-state index in [2.05, 4.69) is 27.3 Å². The van der Waals surface area contributed by atoms with Crippen molar-refractivity contribution < 1.29 is 4.74 Å². The van der Waals surface area contributed by atoms with Crippen molar-refractivity contribution in [3.05, 3.63) is 35.7 Å². The number of H-pyrrole nitrogens is 1. The van der Waals surface area contributed by atoms with Crippen molar-refractivity contribution in [3.63, 3.8) is 0 Å². The maximum absolute atomic E-state index is 5.13. The van der Waals surface area contributed by atoms with E-state index in [4.69, 9.17) is 4.74 Å². The minimum atomic E-state index is 0.632. The summed E-state index contributed by atoms with van der Waals surface area (Å²) in [4.78, 5) is 4.49. The number of aromatic amines is 1. The molecule has 0 spiro atoms. The van der Waals surface area contributed by atoms with Gasteiger partial charge in [0.25, 0.3) is 0 Å². The van der Waals surface area contributed by atoms with Crippen LogP contribution in [0, 0.1) is 0 Å². The van der Waals surface area contributed by atoms with Gasteiger partial charge >= 0.3 is 0 Å². The van der Waals surface area contributed by atoms with Gasteiger partial charge in [0, 0.05) is 11.7 Å². The third kappa shape index (κ3) is 2.67. The fourth-order valence-electron chi connectivity index (χ4n) is 1.73. The van der Waals surface area contributed by atoms with Crippen LogP contribution in [0.1, 0.15) is 30.1 Å². The largest absolute Gasteiger partial charge is 0.497 e. The highest BCUT2D eigenvalue weighted by Gasteiger charge is 2.27. The number of aromatic nitrogens is 3. The zero-order chi connectivity index (χ0) is 12.4. The first-order valence-corrected chi connectivity index (χ1v) is 7.02. The highest BCUT2D eigenvalue weighted by molar-refractivity contribution is 7.98. The van der Waals surface area contributed by atoms with Crippen LogP contribution in [0.3, 0.4) is 0 Å². The molecule has 4 nitrogen and oxygen atoms in total. The summed E-state index contributed by atoms with van der Waals surface area (Å²) in [5.41, 5.74) is 1.25. The van der Waals surface area contributed by atoms with Gasteiger partial charge in [0.05, 0.1) is 7.11 Å². The third-order valence-corrected chi connectivity index (χ3v) is 3.89. The number of benzene rings is 1. The predicted octanol–water partition coefficient (Wildman–Crippen LogP) is 2.98. The van der Waals surface area contributed by atoms with Gasteiger partial charge in [-0.25, -0.2) is 4.98 Å². The van der Waals surface area contributed by atoms with E-state index in [9.17, 15) is 0 Å². The van der Waals surface area contributed by atoms with Gasteiger partial charge < -0.3 is 4.74 Å². The van der Waals surface area contributed by atoms with Crippen LogP contribution in [0.5, 0.6) is 5.75 Å². The van der Waals surface area contributed by atoms with Crippen LogP contribution in [0.2, 0.25) is 0 Å².